The van der Waals surface area contributed by atoms with E-state index in [1.54, 1.807) is 0 Å². The topological polar surface area (TPSA) is 55.5 Å². The van der Waals surface area contributed by atoms with Crippen molar-refractivity contribution in [2.75, 3.05) is 13.2 Å². The van der Waals surface area contributed by atoms with Crippen LogP contribution in [0.4, 0.5) is 0 Å². The fourth-order valence-corrected chi connectivity index (χ4v) is 1.73. The molecule has 0 unspecified atom stereocenters. The number of benzene rings is 1. The van der Waals surface area contributed by atoms with Crippen molar-refractivity contribution in [1.29, 1.82) is 0 Å². The van der Waals surface area contributed by atoms with E-state index in [9.17, 15) is 0 Å². The van der Waals surface area contributed by atoms with E-state index in [1.165, 1.54) is 0 Å². The lowest BCUT2D eigenvalue weighted by molar-refractivity contribution is 0.280. The minimum Gasteiger partial charge on any atom is -0.494 e. The highest BCUT2D eigenvalue weighted by molar-refractivity contribution is 5.60. The molecule has 1 heterocycles. The van der Waals surface area contributed by atoms with Gasteiger partial charge in [-0.15, -0.1) is 0 Å². The minimum absolute atomic E-state index is 0.163. The van der Waals surface area contributed by atoms with Crippen LogP contribution in [0.5, 0.6) is 5.75 Å². The lowest BCUT2D eigenvalue weighted by Gasteiger charge is -2.03. The number of aliphatic hydroxyl groups is 1. The quantitative estimate of drug-likeness (QED) is 0.852. The highest BCUT2D eigenvalue weighted by Crippen LogP contribution is 2.24. The molecule has 0 saturated carbocycles. The smallest absolute Gasteiger partial charge is 0.137 e. The zero-order valence-corrected chi connectivity index (χ0v) is 10.4. The van der Waals surface area contributed by atoms with Gasteiger partial charge < -0.3 is 14.4 Å². The highest BCUT2D eigenvalue weighted by Gasteiger charge is 2.07. The fraction of sp³-hybridized carbons (Fsp3) is 0.357. The Morgan fingerprint density at radius 2 is 2.22 bits per heavy atom. The van der Waals surface area contributed by atoms with Crippen molar-refractivity contribution < 1.29 is 14.4 Å². The number of nitrogens with zero attached hydrogens (tertiary/aromatic N) is 1. The number of hydrogen-bond donors (Lipinski definition) is 1. The maximum absolute atomic E-state index is 8.77. The van der Waals surface area contributed by atoms with Gasteiger partial charge in [-0.25, -0.2) is 0 Å². The van der Waals surface area contributed by atoms with Gasteiger partial charge in [0, 0.05) is 24.7 Å². The van der Waals surface area contributed by atoms with E-state index >= 15 is 0 Å². The molecule has 1 aromatic carbocycles. The fourth-order valence-electron chi connectivity index (χ4n) is 1.73. The summed E-state index contributed by atoms with van der Waals surface area (Å²) in [5, 5.41) is 12.8. The van der Waals surface area contributed by atoms with Gasteiger partial charge in [0.05, 0.1) is 6.61 Å². The molecule has 96 valence electrons. The van der Waals surface area contributed by atoms with Crippen molar-refractivity contribution in [2.24, 2.45) is 0 Å². The van der Waals surface area contributed by atoms with Crippen LogP contribution in [0.2, 0.25) is 0 Å². The third-order valence-electron chi connectivity index (χ3n) is 2.58. The van der Waals surface area contributed by atoms with Gasteiger partial charge in [-0.2, -0.15) is 0 Å². The van der Waals surface area contributed by atoms with Gasteiger partial charge >= 0.3 is 0 Å². The lowest BCUT2D eigenvalue weighted by Crippen LogP contribution is -1.91. The molecule has 4 heteroatoms. The van der Waals surface area contributed by atoms with Crippen molar-refractivity contribution in [2.45, 2.75) is 19.8 Å². The van der Waals surface area contributed by atoms with Gasteiger partial charge in [0.25, 0.3) is 0 Å². The Kier molecular flexibility index (Phi) is 4.36. The first-order valence-corrected chi connectivity index (χ1v) is 6.13. The van der Waals surface area contributed by atoms with E-state index in [2.05, 4.69) is 5.16 Å². The van der Waals surface area contributed by atoms with E-state index in [-0.39, 0.29) is 6.61 Å². The van der Waals surface area contributed by atoms with Gasteiger partial charge in [0.15, 0.2) is 0 Å². The molecule has 0 atom stereocenters. The average molecular weight is 247 g/mol. The summed E-state index contributed by atoms with van der Waals surface area (Å²) in [6, 6.07) is 9.66. The van der Waals surface area contributed by atoms with Crippen molar-refractivity contribution in [3.8, 4) is 17.0 Å². The zero-order chi connectivity index (χ0) is 12.8. The number of aliphatic hydroxyl groups excluding tert-OH is 1. The van der Waals surface area contributed by atoms with Crippen LogP contribution < -0.4 is 4.74 Å². The first kappa shape index (κ1) is 12.6. The Labute approximate surface area is 106 Å². The second-order valence-electron chi connectivity index (χ2n) is 3.97. The molecular weight excluding hydrogens is 230 g/mol. The first-order valence-electron chi connectivity index (χ1n) is 6.13. The van der Waals surface area contributed by atoms with Crippen LogP contribution in [0.25, 0.3) is 11.3 Å². The van der Waals surface area contributed by atoms with Crippen molar-refractivity contribution in [3.63, 3.8) is 0 Å². The van der Waals surface area contributed by atoms with Crippen molar-refractivity contribution in [3.05, 3.63) is 36.1 Å². The van der Waals surface area contributed by atoms with Crippen LogP contribution in [0.3, 0.4) is 0 Å². The Hall–Kier alpha value is -1.81. The predicted molar refractivity (Wildman–Crippen MR) is 68.5 cm³/mol. The Morgan fingerprint density at radius 3 is 3.00 bits per heavy atom. The number of hydrogen-bond acceptors (Lipinski definition) is 4. The largest absolute Gasteiger partial charge is 0.494 e. The molecule has 0 aliphatic carbocycles. The summed E-state index contributed by atoms with van der Waals surface area (Å²) in [5.74, 6) is 1.62. The van der Waals surface area contributed by atoms with Crippen LogP contribution in [0.15, 0.2) is 34.9 Å². The molecule has 0 amide bonds. The van der Waals surface area contributed by atoms with Crippen molar-refractivity contribution in [1.82, 2.24) is 5.16 Å². The summed E-state index contributed by atoms with van der Waals surface area (Å²) in [5.41, 5.74) is 1.77. The number of ether oxygens (including phenoxy) is 1. The van der Waals surface area contributed by atoms with Gasteiger partial charge in [-0.3, -0.25) is 0 Å². The minimum atomic E-state index is 0.163. The predicted octanol–water partition coefficient (Wildman–Crippen LogP) is 2.67. The molecule has 0 aliphatic rings. The SMILES string of the molecule is CCOc1cccc(-c2cc(CCCO)on2)c1. The Balaban J connectivity index is 2.15. The molecule has 2 rings (SSSR count). The molecule has 0 bridgehead atoms. The molecule has 0 fully saturated rings. The van der Waals surface area contributed by atoms with Crippen molar-refractivity contribution >= 4 is 0 Å². The molecule has 1 aromatic heterocycles. The first-order chi connectivity index (χ1) is 8.83. The summed E-state index contributed by atoms with van der Waals surface area (Å²) in [6.07, 6.45) is 1.39. The normalized spacial score (nSPS) is 10.6. The van der Waals surface area contributed by atoms with Crippen LogP contribution in [-0.4, -0.2) is 23.5 Å². The summed E-state index contributed by atoms with van der Waals surface area (Å²) < 4.78 is 10.7. The van der Waals surface area contributed by atoms with E-state index in [0.717, 1.165) is 22.8 Å². The lowest BCUT2D eigenvalue weighted by atomic mass is 10.1. The van der Waals surface area contributed by atoms with Crippen LogP contribution in [0, 0.1) is 0 Å². The van der Waals surface area contributed by atoms with E-state index in [4.69, 9.17) is 14.4 Å². The molecule has 2 aromatic rings. The molecule has 4 nitrogen and oxygen atoms in total. The maximum atomic E-state index is 8.77. The Morgan fingerprint density at radius 1 is 1.33 bits per heavy atom. The van der Waals surface area contributed by atoms with Gasteiger partial charge in [-0.05, 0) is 25.5 Å². The molecule has 0 spiro atoms. The number of rotatable bonds is 6. The van der Waals surface area contributed by atoms with Gasteiger partial charge in [0.1, 0.15) is 17.2 Å². The number of aryl methyl sites for hydroxylation is 1. The third kappa shape index (κ3) is 3.11. The molecule has 18 heavy (non-hydrogen) atoms. The highest BCUT2D eigenvalue weighted by atomic mass is 16.5. The summed E-state index contributed by atoms with van der Waals surface area (Å²) >= 11 is 0. The molecule has 0 saturated heterocycles. The second kappa shape index (κ2) is 6.21. The van der Waals surface area contributed by atoms with Gasteiger partial charge in [0.2, 0.25) is 0 Å². The van der Waals surface area contributed by atoms with Crippen LogP contribution >= 0.6 is 0 Å². The van der Waals surface area contributed by atoms with E-state index in [1.807, 2.05) is 37.3 Å². The van der Waals surface area contributed by atoms with E-state index in [0.29, 0.717) is 19.4 Å². The van der Waals surface area contributed by atoms with Crippen LogP contribution in [0.1, 0.15) is 19.1 Å². The molecular formula is C14H17NO3. The maximum Gasteiger partial charge on any atom is 0.137 e. The summed E-state index contributed by atoms with van der Waals surface area (Å²) in [6.45, 7) is 2.76. The average Bonchev–Trinajstić information content (AvgIpc) is 2.86. The zero-order valence-electron chi connectivity index (χ0n) is 10.4. The molecule has 0 aliphatic heterocycles. The second-order valence-corrected chi connectivity index (χ2v) is 3.97. The third-order valence-corrected chi connectivity index (χ3v) is 2.58. The van der Waals surface area contributed by atoms with Crippen LogP contribution in [-0.2, 0) is 6.42 Å². The summed E-state index contributed by atoms with van der Waals surface area (Å²) in [4.78, 5) is 0. The number of aromatic nitrogens is 1. The standard InChI is InChI=1S/C14H17NO3/c1-2-17-12-6-3-5-11(9-12)14-10-13(18-15-14)7-4-8-16/h3,5-6,9-10,16H,2,4,7-8H2,1H3. The Bertz CT molecular complexity index is 493. The molecule has 0 radical (unpaired) electrons. The summed E-state index contributed by atoms with van der Waals surface area (Å²) in [7, 11) is 0. The molecule has 1 N–H and O–H groups in total. The van der Waals surface area contributed by atoms with Gasteiger partial charge in [-0.1, -0.05) is 17.3 Å². The van der Waals surface area contributed by atoms with E-state index < -0.39 is 0 Å². The monoisotopic (exact) mass is 247 g/mol.